The minimum absolute atomic E-state index is 0.128. The minimum atomic E-state index is -0.353. The molecule has 5 heteroatoms. The van der Waals surface area contributed by atoms with Gasteiger partial charge >= 0.3 is 5.63 Å². The molecule has 3 aromatic rings. The number of fused-ring (bicyclic) bond motifs is 1. The molecule has 2 aromatic carbocycles. The van der Waals surface area contributed by atoms with Crippen molar-refractivity contribution in [2.24, 2.45) is 0 Å². The summed E-state index contributed by atoms with van der Waals surface area (Å²) in [7, 11) is 0. The fraction of sp³-hybridized carbons (Fsp3) is 0.273. The molecule has 1 aromatic heterocycles. The van der Waals surface area contributed by atoms with Crippen LogP contribution < -0.4 is 15.7 Å². The van der Waals surface area contributed by atoms with Crippen molar-refractivity contribution < 1.29 is 13.9 Å². The molecular formula is C22H23NO4. The summed E-state index contributed by atoms with van der Waals surface area (Å²) in [4.78, 5) is 24.1. The highest BCUT2D eigenvalue weighted by molar-refractivity contribution is 5.92. The normalized spacial score (nSPS) is 10.8. The molecule has 0 aliphatic rings. The van der Waals surface area contributed by atoms with Crippen LogP contribution in [0.3, 0.4) is 0 Å². The molecular weight excluding hydrogens is 342 g/mol. The zero-order valence-corrected chi connectivity index (χ0v) is 16.0. The van der Waals surface area contributed by atoms with Crippen molar-refractivity contribution in [1.82, 2.24) is 0 Å². The maximum absolute atomic E-state index is 12.2. The second-order valence-corrected chi connectivity index (χ2v) is 6.59. The van der Waals surface area contributed by atoms with Crippen LogP contribution in [0.15, 0.2) is 45.6 Å². The second-order valence-electron chi connectivity index (χ2n) is 6.59. The third kappa shape index (κ3) is 3.87. The number of nitrogens with one attached hydrogen (secondary N) is 1. The number of anilines is 1. The van der Waals surface area contributed by atoms with Gasteiger partial charge in [-0.2, -0.15) is 0 Å². The maximum atomic E-state index is 12.2. The van der Waals surface area contributed by atoms with Gasteiger partial charge < -0.3 is 14.5 Å². The first-order chi connectivity index (χ1) is 12.9. The fourth-order valence-electron chi connectivity index (χ4n) is 2.95. The molecule has 1 heterocycles. The molecule has 0 atom stereocenters. The lowest BCUT2D eigenvalue weighted by atomic mass is 10.0. The molecule has 0 unspecified atom stereocenters. The van der Waals surface area contributed by atoms with Gasteiger partial charge in [-0.15, -0.1) is 0 Å². The number of benzene rings is 2. The van der Waals surface area contributed by atoms with Gasteiger partial charge in [-0.05, 0) is 62.6 Å². The van der Waals surface area contributed by atoms with Crippen molar-refractivity contribution in [2.75, 3.05) is 11.9 Å². The Morgan fingerprint density at radius 2 is 1.70 bits per heavy atom. The Morgan fingerprint density at radius 1 is 1.00 bits per heavy atom. The number of aryl methyl sites for hydroxylation is 3. The van der Waals surface area contributed by atoms with E-state index >= 15 is 0 Å². The summed E-state index contributed by atoms with van der Waals surface area (Å²) in [6.45, 7) is 7.41. The lowest BCUT2D eigenvalue weighted by molar-refractivity contribution is -0.118. The molecule has 3 rings (SSSR count). The van der Waals surface area contributed by atoms with E-state index in [1.54, 1.807) is 13.0 Å². The SMILES string of the molecule is CCc1ccc(NC(=O)COc2ccc3c(C)c(C)c(=O)oc3c2C)cc1. The Bertz CT molecular complexity index is 1050. The lowest BCUT2D eigenvalue weighted by Crippen LogP contribution is -2.20. The van der Waals surface area contributed by atoms with Gasteiger partial charge in [0.05, 0.1) is 0 Å². The summed E-state index contributed by atoms with van der Waals surface area (Å²) in [6, 6.07) is 11.4. The highest BCUT2D eigenvalue weighted by Gasteiger charge is 2.13. The van der Waals surface area contributed by atoms with Gasteiger partial charge in [-0.1, -0.05) is 19.1 Å². The van der Waals surface area contributed by atoms with Crippen molar-refractivity contribution >= 4 is 22.6 Å². The Kier molecular flexibility index (Phi) is 5.31. The van der Waals surface area contributed by atoms with Crippen molar-refractivity contribution in [2.45, 2.75) is 34.1 Å². The van der Waals surface area contributed by atoms with Gasteiger partial charge in [0.2, 0.25) is 0 Å². The molecule has 5 nitrogen and oxygen atoms in total. The van der Waals surface area contributed by atoms with Gasteiger partial charge in [0.25, 0.3) is 5.91 Å². The van der Waals surface area contributed by atoms with E-state index in [0.717, 1.165) is 23.1 Å². The van der Waals surface area contributed by atoms with E-state index in [2.05, 4.69) is 12.2 Å². The lowest BCUT2D eigenvalue weighted by Gasteiger charge is -2.12. The van der Waals surface area contributed by atoms with Crippen LogP contribution in [0.2, 0.25) is 0 Å². The topological polar surface area (TPSA) is 68.5 Å². The van der Waals surface area contributed by atoms with Crippen LogP contribution in [0.25, 0.3) is 11.0 Å². The van der Waals surface area contributed by atoms with Crippen molar-refractivity contribution in [3.05, 3.63) is 69.1 Å². The quantitative estimate of drug-likeness (QED) is 0.685. The van der Waals surface area contributed by atoms with Crippen LogP contribution in [0.5, 0.6) is 5.75 Å². The van der Waals surface area contributed by atoms with Crippen molar-refractivity contribution in [3.63, 3.8) is 0 Å². The Balaban J connectivity index is 1.74. The smallest absolute Gasteiger partial charge is 0.339 e. The standard InChI is InChI=1S/C22H23NO4/c1-5-16-6-8-17(9-7-16)23-20(24)12-26-19-11-10-18-13(2)14(3)22(25)27-21(18)15(19)4/h6-11H,5,12H2,1-4H3,(H,23,24). The second kappa shape index (κ2) is 7.66. The Morgan fingerprint density at radius 3 is 2.37 bits per heavy atom. The Labute approximate surface area is 158 Å². The van der Waals surface area contributed by atoms with Crippen LogP contribution in [0.1, 0.15) is 29.2 Å². The van der Waals surface area contributed by atoms with E-state index < -0.39 is 0 Å². The average molecular weight is 365 g/mol. The summed E-state index contributed by atoms with van der Waals surface area (Å²) >= 11 is 0. The molecule has 0 aliphatic carbocycles. The van der Waals surface area contributed by atoms with Crippen LogP contribution in [-0.4, -0.2) is 12.5 Å². The molecule has 0 spiro atoms. The molecule has 0 aliphatic heterocycles. The first-order valence-corrected chi connectivity index (χ1v) is 8.96. The van der Waals surface area contributed by atoms with Crippen molar-refractivity contribution in [1.29, 1.82) is 0 Å². The van der Waals surface area contributed by atoms with E-state index in [1.807, 2.05) is 44.2 Å². The maximum Gasteiger partial charge on any atom is 0.339 e. The van der Waals surface area contributed by atoms with E-state index in [0.29, 0.717) is 22.5 Å². The summed E-state index contributed by atoms with van der Waals surface area (Å²) in [6.07, 6.45) is 0.952. The summed E-state index contributed by atoms with van der Waals surface area (Å²) in [5, 5.41) is 3.68. The van der Waals surface area contributed by atoms with Gasteiger partial charge in [0.15, 0.2) is 6.61 Å². The number of carbonyl (C=O) groups is 1. The molecule has 140 valence electrons. The average Bonchev–Trinajstić information content (AvgIpc) is 2.67. The molecule has 0 saturated heterocycles. The van der Waals surface area contributed by atoms with Gasteiger partial charge in [-0.3, -0.25) is 4.79 Å². The molecule has 0 fully saturated rings. The minimum Gasteiger partial charge on any atom is -0.483 e. The van der Waals surface area contributed by atoms with E-state index in [9.17, 15) is 9.59 Å². The molecule has 0 bridgehead atoms. The van der Waals surface area contributed by atoms with Crippen LogP contribution in [0.4, 0.5) is 5.69 Å². The van der Waals surface area contributed by atoms with Gasteiger partial charge in [-0.25, -0.2) is 4.79 Å². The molecule has 1 amide bonds. The Hall–Kier alpha value is -3.08. The number of carbonyl (C=O) groups excluding carboxylic acids is 1. The van der Waals surface area contributed by atoms with E-state index in [1.165, 1.54) is 5.56 Å². The highest BCUT2D eigenvalue weighted by Crippen LogP contribution is 2.29. The van der Waals surface area contributed by atoms with Crippen LogP contribution >= 0.6 is 0 Å². The van der Waals surface area contributed by atoms with Gasteiger partial charge in [0, 0.05) is 22.2 Å². The highest BCUT2D eigenvalue weighted by atomic mass is 16.5. The van der Waals surface area contributed by atoms with Crippen molar-refractivity contribution in [3.8, 4) is 5.75 Å². The predicted molar refractivity (Wildman–Crippen MR) is 107 cm³/mol. The largest absolute Gasteiger partial charge is 0.483 e. The third-order valence-corrected chi connectivity index (χ3v) is 4.83. The van der Waals surface area contributed by atoms with Gasteiger partial charge in [0.1, 0.15) is 11.3 Å². The van der Waals surface area contributed by atoms with E-state index in [4.69, 9.17) is 9.15 Å². The first-order valence-electron chi connectivity index (χ1n) is 8.96. The summed E-state index contributed by atoms with van der Waals surface area (Å²) in [5.74, 6) is 0.269. The summed E-state index contributed by atoms with van der Waals surface area (Å²) < 4.78 is 11.1. The number of rotatable bonds is 5. The fourth-order valence-corrected chi connectivity index (χ4v) is 2.95. The molecule has 0 radical (unpaired) electrons. The van der Waals surface area contributed by atoms with Crippen LogP contribution in [-0.2, 0) is 11.2 Å². The predicted octanol–water partition coefficient (Wildman–Crippen LogP) is 4.30. The first kappa shape index (κ1) is 18.7. The number of ether oxygens (including phenoxy) is 1. The monoisotopic (exact) mass is 365 g/mol. The molecule has 0 saturated carbocycles. The number of hydrogen-bond acceptors (Lipinski definition) is 4. The summed E-state index contributed by atoms with van der Waals surface area (Å²) in [5.41, 5.74) is 4.28. The molecule has 1 N–H and O–H groups in total. The van der Waals surface area contributed by atoms with E-state index in [-0.39, 0.29) is 18.1 Å². The zero-order chi connectivity index (χ0) is 19.6. The van der Waals surface area contributed by atoms with Crippen LogP contribution in [0, 0.1) is 20.8 Å². The number of hydrogen-bond donors (Lipinski definition) is 1. The third-order valence-electron chi connectivity index (χ3n) is 4.83. The molecule has 27 heavy (non-hydrogen) atoms. The number of amides is 1. The zero-order valence-electron chi connectivity index (χ0n) is 16.0.